The molecule has 0 N–H and O–H groups in total. The normalized spacial score (nSPS) is 18.6. The largest absolute Gasteiger partial charge is 0.371 e. The van der Waals surface area contributed by atoms with E-state index in [4.69, 9.17) is 0 Å². The molecule has 7 nitrogen and oxygen atoms in total. The van der Waals surface area contributed by atoms with Gasteiger partial charge in [-0.15, -0.1) is 0 Å². The molecule has 2 saturated heterocycles. The molecule has 0 spiro atoms. The Kier molecular flexibility index (Phi) is 5.18. The number of piperidine rings is 1. The van der Waals surface area contributed by atoms with Crippen molar-refractivity contribution in [3.05, 3.63) is 42.5 Å². The van der Waals surface area contributed by atoms with Crippen LogP contribution in [-0.2, 0) is 0 Å². The number of nitrogens with zero attached hydrogens (tertiary/aromatic N) is 6. The van der Waals surface area contributed by atoms with Crippen molar-refractivity contribution in [2.45, 2.75) is 19.8 Å². The molecule has 7 heteroatoms. The van der Waals surface area contributed by atoms with Crippen LogP contribution in [0, 0.1) is 5.92 Å². The van der Waals surface area contributed by atoms with Crippen LogP contribution in [0.1, 0.15) is 30.3 Å². The summed E-state index contributed by atoms with van der Waals surface area (Å²) in [6, 6.07) is 5.77. The minimum Gasteiger partial charge on any atom is -0.371 e. The van der Waals surface area contributed by atoms with Crippen LogP contribution in [0.2, 0.25) is 0 Å². The zero-order valence-electron chi connectivity index (χ0n) is 15.8. The summed E-state index contributed by atoms with van der Waals surface area (Å²) in [6.07, 6.45) is 7.66. The molecule has 2 aromatic heterocycles. The van der Waals surface area contributed by atoms with Crippen LogP contribution in [0.4, 0.5) is 11.6 Å². The monoisotopic (exact) mass is 366 g/mol. The number of carbonyl (C=O) groups is 1. The predicted molar refractivity (Wildman–Crippen MR) is 105 cm³/mol. The highest BCUT2D eigenvalue weighted by atomic mass is 16.2. The molecule has 1 amide bonds. The molecule has 0 unspecified atom stereocenters. The molecule has 4 rings (SSSR count). The summed E-state index contributed by atoms with van der Waals surface area (Å²) in [5.41, 5.74) is 1.65. The van der Waals surface area contributed by atoms with Crippen molar-refractivity contribution in [2.24, 2.45) is 5.92 Å². The zero-order chi connectivity index (χ0) is 18.6. The van der Waals surface area contributed by atoms with Gasteiger partial charge in [0.05, 0.1) is 0 Å². The number of hydrogen-bond acceptors (Lipinski definition) is 6. The molecule has 142 valence electrons. The minimum atomic E-state index is 0.0101. The number of carbonyl (C=O) groups excluding carboxylic acids is 1. The molecule has 2 aliphatic rings. The average Bonchev–Trinajstić information content (AvgIpc) is 2.75. The van der Waals surface area contributed by atoms with E-state index in [1.807, 2.05) is 23.1 Å². The Morgan fingerprint density at radius 3 is 2.33 bits per heavy atom. The smallest absolute Gasteiger partial charge is 0.272 e. The quantitative estimate of drug-likeness (QED) is 0.829. The Morgan fingerprint density at radius 1 is 0.926 bits per heavy atom. The van der Waals surface area contributed by atoms with E-state index in [9.17, 15) is 4.79 Å². The van der Waals surface area contributed by atoms with Crippen LogP contribution in [-0.4, -0.2) is 65.0 Å². The highest BCUT2D eigenvalue weighted by molar-refractivity contribution is 5.93. The molecular formula is C20H26N6O. The number of pyridine rings is 1. The molecule has 4 heterocycles. The van der Waals surface area contributed by atoms with E-state index in [1.54, 1.807) is 18.6 Å². The van der Waals surface area contributed by atoms with E-state index in [0.29, 0.717) is 18.8 Å². The van der Waals surface area contributed by atoms with Gasteiger partial charge in [-0.2, -0.15) is 0 Å². The Balaban J connectivity index is 1.39. The summed E-state index contributed by atoms with van der Waals surface area (Å²) in [6.45, 7) is 7.19. The van der Waals surface area contributed by atoms with Gasteiger partial charge in [-0.05, 0) is 37.0 Å². The lowest BCUT2D eigenvalue weighted by Crippen LogP contribution is -2.49. The number of piperazine rings is 1. The van der Waals surface area contributed by atoms with E-state index in [0.717, 1.165) is 43.7 Å². The highest BCUT2D eigenvalue weighted by Crippen LogP contribution is 2.23. The third-order valence-electron chi connectivity index (χ3n) is 5.51. The van der Waals surface area contributed by atoms with Gasteiger partial charge in [-0.1, -0.05) is 6.92 Å². The maximum atomic E-state index is 12.9. The third kappa shape index (κ3) is 4.02. The molecule has 0 saturated carbocycles. The van der Waals surface area contributed by atoms with Crippen LogP contribution in [0.15, 0.2) is 36.8 Å². The second kappa shape index (κ2) is 7.90. The van der Waals surface area contributed by atoms with Crippen molar-refractivity contribution in [1.82, 2.24) is 19.9 Å². The number of hydrogen-bond donors (Lipinski definition) is 0. The van der Waals surface area contributed by atoms with E-state index in [2.05, 4.69) is 31.7 Å². The lowest BCUT2D eigenvalue weighted by molar-refractivity contribution is 0.0740. The molecule has 0 aromatic carbocycles. The SMILES string of the molecule is CC1CCN(c2ccnc(C(=O)N3CCN(c4ncccn4)CC3)c2)CC1. The van der Waals surface area contributed by atoms with Gasteiger partial charge in [0.25, 0.3) is 5.91 Å². The van der Waals surface area contributed by atoms with E-state index >= 15 is 0 Å². The first kappa shape index (κ1) is 17.7. The van der Waals surface area contributed by atoms with Gasteiger partial charge in [0.15, 0.2) is 0 Å². The summed E-state index contributed by atoms with van der Waals surface area (Å²) >= 11 is 0. The van der Waals surface area contributed by atoms with Crippen molar-refractivity contribution >= 4 is 17.5 Å². The molecule has 2 aliphatic heterocycles. The van der Waals surface area contributed by atoms with Crippen LogP contribution in [0.5, 0.6) is 0 Å². The molecule has 0 radical (unpaired) electrons. The van der Waals surface area contributed by atoms with Crippen LogP contribution in [0.3, 0.4) is 0 Å². The standard InChI is InChI=1S/C20H26N6O/c1-16-4-9-24(10-5-16)17-3-8-21-18(15-17)19(27)25-11-13-26(14-12-25)20-22-6-2-7-23-20/h2-3,6-8,15-16H,4-5,9-14H2,1H3. The van der Waals surface area contributed by atoms with Gasteiger partial charge in [-0.3, -0.25) is 9.78 Å². The van der Waals surface area contributed by atoms with Gasteiger partial charge in [-0.25, -0.2) is 9.97 Å². The van der Waals surface area contributed by atoms with Crippen molar-refractivity contribution in [1.29, 1.82) is 0 Å². The number of amides is 1. The minimum absolute atomic E-state index is 0.0101. The van der Waals surface area contributed by atoms with Crippen LogP contribution >= 0.6 is 0 Å². The molecular weight excluding hydrogens is 340 g/mol. The zero-order valence-corrected chi connectivity index (χ0v) is 15.8. The van der Waals surface area contributed by atoms with E-state index < -0.39 is 0 Å². The van der Waals surface area contributed by atoms with Gasteiger partial charge in [0, 0.05) is 63.5 Å². The van der Waals surface area contributed by atoms with E-state index in [-0.39, 0.29) is 5.91 Å². The number of anilines is 2. The molecule has 0 bridgehead atoms. The first-order valence-corrected chi connectivity index (χ1v) is 9.73. The molecule has 2 fully saturated rings. The van der Waals surface area contributed by atoms with Crippen LogP contribution < -0.4 is 9.80 Å². The van der Waals surface area contributed by atoms with Crippen molar-refractivity contribution in [3.8, 4) is 0 Å². The second-order valence-electron chi connectivity index (χ2n) is 7.40. The van der Waals surface area contributed by atoms with Crippen LogP contribution in [0.25, 0.3) is 0 Å². The summed E-state index contributed by atoms with van der Waals surface area (Å²) in [7, 11) is 0. The fourth-order valence-corrected chi connectivity index (χ4v) is 3.73. The average molecular weight is 366 g/mol. The topological polar surface area (TPSA) is 65.5 Å². The lowest BCUT2D eigenvalue weighted by Gasteiger charge is -2.35. The Morgan fingerprint density at radius 2 is 1.63 bits per heavy atom. The fourth-order valence-electron chi connectivity index (χ4n) is 3.73. The van der Waals surface area contributed by atoms with E-state index in [1.165, 1.54) is 12.8 Å². The summed E-state index contributed by atoms with van der Waals surface area (Å²) in [4.78, 5) is 32.2. The molecule has 0 atom stereocenters. The van der Waals surface area contributed by atoms with Gasteiger partial charge in [0.2, 0.25) is 5.95 Å². The Bertz CT molecular complexity index is 767. The maximum absolute atomic E-state index is 12.9. The van der Waals surface area contributed by atoms with Crippen molar-refractivity contribution in [2.75, 3.05) is 49.1 Å². The fraction of sp³-hybridized carbons (Fsp3) is 0.500. The van der Waals surface area contributed by atoms with Gasteiger partial charge in [0.1, 0.15) is 5.69 Å². The molecule has 2 aromatic rings. The third-order valence-corrected chi connectivity index (χ3v) is 5.51. The first-order chi connectivity index (χ1) is 13.2. The number of aromatic nitrogens is 3. The van der Waals surface area contributed by atoms with Gasteiger partial charge < -0.3 is 14.7 Å². The Hall–Kier alpha value is -2.70. The highest BCUT2D eigenvalue weighted by Gasteiger charge is 2.25. The maximum Gasteiger partial charge on any atom is 0.272 e. The second-order valence-corrected chi connectivity index (χ2v) is 7.40. The first-order valence-electron chi connectivity index (χ1n) is 9.73. The van der Waals surface area contributed by atoms with Gasteiger partial charge >= 0.3 is 0 Å². The van der Waals surface area contributed by atoms with Crippen molar-refractivity contribution in [3.63, 3.8) is 0 Å². The molecule has 0 aliphatic carbocycles. The molecule has 27 heavy (non-hydrogen) atoms. The van der Waals surface area contributed by atoms with Crippen molar-refractivity contribution < 1.29 is 4.79 Å². The lowest BCUT2D eigenvalue weighted by atomic mass is 9.99. The number of rotatable bonds is 3. The predicted octanol–water partition coefficient (Wildman–Crippen LogP) is 2.07. The Labute approximate surface area is 160 Å². The summed E-state index contributed by atoms with van der Waals surface area (Å²) in [5, 5.41) is 0. The summed E-state index contributed by atoms with van der Waals surface area (Å²) < 4.78 is 0. The summed E-state index contributed by atoms with van der Waals surface area (Å²) in [5.74, 6) is 1.52.